The number of ether oxygens (including phenoxy) is 1. The molecule has 32 heavy (non-hydrogen) atoms. The molecule has 1 unspecified atom stereocenters. The van der Waals surface area contributed by atoms with E-state index in [1.165, 1.54) is 12.1 Å². The summed E-state index contributed by atoms with van der Waals surface area (Å²) >= 11 is 6.07. The third-order valence-electron chi connectivity index (χ3n) is 4.49. The number of sulfonamides is 1. The van der Waals surface area contributed by atoms with Crippen LogP contribution >= 0.6 is 11.6 Å². The first-order valence-electron chi connectivity index (χ1n) is 9.40. The summed E-state index contributed by atoms with van der Waals surface area (Å²) in [6.07, 6.45) is -1.21. The SMILES string of the molecule is NC(=O)C(Oc1nc2ccccc2nc1NS(=O)(=O)c1ccccc1Cl)c1ccccc1. The van der Waals surface area contributed by atoms with Gasteiger partial charge in [0.25, 0.3) is 21.8 Å². The number of nitrogens with zero attached hydrogens (tertiary/aromatic N) is 2. The van der Waals surface area contributed by atoms with Crippen molar-refractivity contribution in [2.45, 2.75) is 11.0 Å². The molecule has 0 bridgehead atoms. The van der Waals surface area contributed by atoms with Crippen molar-refractivity contribution < 1.29 is 17.9 Å². The average Bonchev–Trinajstić information content (AvgIpc) is 2.78. The molecule has 1 aromatic heterocycles. The van der Waals surface area contributed by atoms with E-state index >= 15 is 0 Å². The number of rotatable bonds is 7. The molecule has 0 fully saturated rings. The summed E-state index contributed by atoms with van der Waals surface area (Å²) < 4.78 is 34.2. The van der Waals surface area contributed by atoms with E-state index in [0.29, 0.717) is 16.6 Å². The summed E-state index contributed by atoms with van der Waals surface area (Å²) in [7, 11) is -4.14. The highest BCUT2D eigenvalue weighted by atomic mass is 35.5. The van der Waals surface area contributed by atoms with Crippen LogP contribution in [0.25, 0.3) is 11.0 Å². The molecule has 0 saturated heterocycles. The van der Waals surface area contributed by atoms with Gasteiger partial charge in [-0.1, -0.05) is 66.2 Å². The summed E-state index contributed by atoms with van der Waals surface area (Å²) in [6.45, 7) is 0. The zero-order chi connectivity index (χ0) is 22.7. The molecule has 0 aliphatic rings. The van der Waals surface area contributed by atoms with Crippen LogP contribution in [0.3, 0.4) is 0 Å². The van der Waals surface area contributed by atoms with Crippen molar-refractivity contribution in [3.63, 3.8) is 0 Å². The molecule has 4 rings (SSSR count). The molecule has 1 atom stereocenters. The molecule has 0 aliphatic heterocycles. The molecule has 1 heterocycles. The van der Waals surface area contributed by atoms with E-state index in [1.54, 1.807) is 66.7 Å². The van der Waals surface area contributed by atoms with E-state index in [-0.39, 0.29) is 21.6 Å². The van der Waals surface area contributed by atoms with E-state index in [4.69, 9.17) is 22.1 Å². The van der Waals surface area contributed by atoms with Crippen LogP contribution in [0.2, 0.25) is 5.02 Å². The lowest BCUT2D eigenvalue weighted by Gasteiger charge is -2.18. The normalized spacial score (nSPS) is 12.3. The van der Waals surface area contributed by atoms with E-state index in [9.17, 15) is 13.2 Å². The molecule has 0 aliphatic carbocycles. The van der Waals surface area contributed by atoms with Crippen molar-refractivity contribution in [3.05, 3.63) is 89.4 Å². The summed E-state index contributed by atoms with van der Waals surface area (Å²) in [6, 6.07) is 21.4. The zero-order valence-corrected chi connectivity index (χ0v) is 18.0. The van der Waals surface area contributed by atoms with Gasteiger partial charge in [-0.05, 0) is 24.3 Å². The number of hydrogen-bond donors (Lipinski definition) is 2. The van der Waals surface area contributed by atoms with Gasteiger partial charge in [0.15, 0.2) is 0 Å². The quantitative estimate of drug-likeness (QED) is 0.426. The molecule has 8 nitrogen and oxygen atoms in total. The lowest BCUT2D eigenvalue weighted by atomic mass is 10.1. The Hall–Kier alpha value is -3.69. The molecule has 0 radical (unpaired) electrons. The van der Waals surface area contributed by atoms with Gasteiger partial charge >= 0.3 is 0 Å². The second-order valence-corrected chi connectivity index (χ2v) is 8.77. The number of anilines is 1. The van der Waals surface area contributed by atoms with Gasteiger partial charge in [0, 0.05) is 5.56 Å². The van der Waals surface area contributed by atoms with Crippen LogP contribution in [0.1, 0.15) is 11.7 Å². The Labute approximate surface area is 189 Å². The van der Waals surface area contributed by atoms with Crippen molar-refractivity contribution >= 4 is 44.4 Å². The van der Waals surface area contributed by atoms with Gasteiger partial charge in [0.05, 0.1) is 16.1 Å². The van der Waals surface area contributed by atoms with Gasteiger partial charge in [-0.3, -0.25) is 9.52 Å². The van der Waals surface area contributed by atoms with Gasteiger partial charge in [-0.2, -0.15) is 0 Å². The molecule has 1 amide bonds. The molecular weight excluding hydrogens is 452 g/mol. The number of nitrogens with one attached hydrogen (secondary N) is 1. The van der Waals surface area contributed by atoms with Gasteiger partial charge < -0.3 is 10.5 Å². The van der Waals surface area contributed by atoms with Gasteiger partial charge in [-0.25, -0.2) is 18.4 Å². The number of carbonyl (C=O) groups is 1. The standard InChI is InChI=1S/C22H17ClN4O4S/c23-15-10-4-7-13-18(15)32(29,30)27-21-22(26-17-12-6-5-11-16(17)25-21)31-19(20(24)28)14-8-2-1-3-9-14/h1-13,19H,(H2,24,28)(H,25,27). The summed E-state index contributed by atoms with van der Waals surface area (Å²) in [5.41, 5.74) is 6.90. The third-order valence-corrected chi connectivity index (χ3v) is 6.32. The van der Waals surface area contributed by atoms with Crippen LogP contribution in [0.15, 0.2) is 83.8 Å². The van der Waals surface area contributed by atoms with E-state index in [0.717, 1.165) is 0 Å². The zero-order valence-electron chi connectivity index (χ0n) is 16.5. The Kier molecular flexibility index (Phi) is 5.93. The highest BCUT2D eigenvalue weighted by molar-refractivity contribution is 7.92. The van der Waals surface area contributed by atoms with Gasteiger partial charge in [-0.15, -0.1) is 0 Å². The maximum absolute atomic E-state index is 13.0. The van der Waals surface area contributed by atoms with Crippen molar-refractivity contribution in [1.29, 1.82) is 0 Å². The largest absolute Gasteiger partial charge is 0.457 e. The number of halogens is 1. The fraction of sp³-hybridized carbons (Fsp3) is 0.0455. The van der Waals surface area contributed by atoms with Crippen LogP contribution in [0.4, 0.5) is 5.82 Å². The summed E-state index contributed by atoms with van der Waals surface area (Å²) in [4.78, 5) is 20.7. The minimum atomic E-state index is -4.14. The number of fused-ring (bicyclic) bond motifs is 1. The second-order valence-electron chi connectivity index (χ2n) is 6.71. The molecule has 3 aromatic carbocycles. The first-order chi connectivity index (χ1) is 15.3. The second kappa shape index (κ2) is 8.81. The van der Waals surface area contributed by atoms with Crippen molar-refractivity contribution in [2.75, 3.05) is 4.72 Å². The smallest absolute Gasteiger partial charge is 0.264 e. The highest BCUT2D eigenvalue weighted by Crippen LogP contribution is 2.31. The molecule has 10 heteroatoms. The van der Waals surface area contributed by atoms with E-state index in [1.807, 2.05) is 0 Å². The molecule has 162 valence electrons. The lowest BCUT2D eigenvalue weighted by Crippen LogP contribution is -2.27. The molecule has 0 spiro atoms. The molecule has 3 N–H and O–H groups in total. The Morgan fingerprint density at radius 3 is 2.16 bits per heavy atom. The topological polar surface area (TPSA) is 124 Å². The Morgan fingerprint density at radius 2 is 1.50 bits per heavy atom. The number of carbonyl (C=O) groups excluding carboxylic acids is 1. The summed E-state index contributed by atoms with van der Waals surface area (Å²) in [5.74, 6) is -1.18. The van der Waals surface area contributed by atoms with Crippen molar-refractivity contribution in [2.24, 2.45) is 5.73 Å². The number of amides is 1. The van der Waals surface area contributed by atoms with Gasteiger partial charge in [0.1, 0.15) is 4.90 Å². The average molecular weight is 469 g/mol. The fourth-order valence-electron chi connectivity index (χ4n) is 3.01. The van der Waals surface area contributed by atoms with Gasteiger partial charge in [0.2, 0.25) is 11.9 Å². The molecular formula is C22H17ClN4O4S. The predicted octanol–water partition coefficient (Wildman–Crippen LogP) is 3.69. The first kappa shape index (κ1) is 21.5. The van der Waals surface area contributed by atoms with Crippen LogP contribution in [0.5, 0.6) is 5.88 Å². The van der Waals surface area contributed by atoms with Crippen molar-refractivity contribution in [1.82, 2.24) is 9.97 Å². The predicted molar refractivity (Wildman–Crippen MR) is 121 cm³/mol. The first-order valence-corrected chi connectivity index (χ1v) is 11.3. The minimum absolute atomic E-state index is 0.0375. The minimum Gasteiger partial charge on any atom is -0.457 e. The Balaban J connectivity index is 1.80. The van der Waals surface area contributed by atoms with Crippen LogP contribution in [-0.4, -0.2) is 24.3 Å². The van der Waals surface area contributed by atoms with E-state index in [2.05, 4.69) is 14.7 Å². The Bertz CT molecular complexity index is 1400. The number of benzene rings is 3. The number of aromatic nitrogens is 2. The van der Waals surface area contributed by atoms with Crippen LogP contribution in [-0.2, 0) is 14.8 Å². The van der Waals surface area contributed by atoms with Crippen LogP contribution in [0, 0.1) is 0 Å². The number of primary amides is 1. The van der Waals surface area contributed by atoms with Crippen molar-refractivity contribution in [3.8, 4) is 5.88 Å². The third kappa shape index (κ3) is 4.48. The molecule has 0 saturated carbocycles. The highest BCUT2D eigenvalue weighted by Gasteiger charge is 2.26. The fourth-order valence-corrected chi connectivity index (χ4v) is 4.53. The summed E-state index contributed by atoms with van der Waals surface area (Å²) in [5, 5.41) is 0.0375. The maximum Gasteiger partial charge on any atom is 0.264 e. The number of nitrogens with two attached hydrogens (primary N) is 1. The van der Waals surface area contributed by atoms with Crippen LogP contribution < -0.4 is 15.2 Å². The lowest BCUT2D eigenvalue weighted by molar-refractivity contribution is -0.125. The number of hydrogen-bond acceptors (Lipinski definition) is 6. The monoisotopic (exact) mass is 468 g/mol. The Morgan fingerprint density at radius 1 is 0.906 bits per heavy atom. The molecule has 4 aromatic rings. The maximum atomic E-state index is 13.0. The number of para-hydroxylation sites is 2. The van der Waals surface area contributed by atoms with E-state index < -0.39 is 22.0 Å².